The van der Waals surface area contributed by atoms with E-state index in [1.165, 1.54) is 51.4 Å². The van der Waals surface area contributed by atoms with Crippen LogP contribution in [0.1, 0.15) is 86.0 Å². The zero-order valence-corrected chi connectivity index (χ0v) is 15.0. The average molecular weight is 285 g/mol. The van der Waals surface area contributed by atoms with Gasteiger partial charge < -0.3 is 5.73 Å². The van der Waals surface area contributed by atoms with Gasteiger partial charge in [0.05, 0.1) is 0 Å². The molecule has 2 nitrogen and oxygen atoms in total. The lowest BCUT2D eigenvalue weighted by Gasteiger charge is -2.40. The summed E-state index contributed by atoms with van der Waals surface area (Å²) in [7, 11) is 2.24. The quantitative estimate of drug-likeness (QED) is 0.551. The van der Waals surface area contributed by atoms with Crippen molar-refractivity contribution in [2.24, 2.45) is 11.1 Å². The Balaban J connectivity index is 3.92. The Morgan fingerprint density at radius 2 is 1.45 bits per heavy atom. The van der Waals surface area contributed by atoms with Gasteiger partial charge in [-0.25, -0.2) is 0 Å². The van der Waals surface area contributed by atoms with E-state index in [-0.39, 0.29) is 0 Å². The number of unbranched alkanes of at least 4 members (excludes halogenated alkanes) is 6. The fourth-order valence-electron chi connectivity index (χ4n) is 2.75. The fraction of sp³-hybridized carbons (Fsp3) is 1.00. The topological polar surface area (TPSA) is 29.3 Å². The minimum atomic E-state index is 0.322. The number of likely N-dealkylation sites (N-methyl/N-ethyl adjacent to an activating group) is 1. The van der Waals surface area contributed by atoms with Gasteiger partial charge in [0.15, 0.2) is 0 Å². The van der Waals surface area contributed by atoms with Crippen molar-refractivity contribution >= 4 is 0 Å². The van der Waals surface area contributed by atoms with Crippen LogP contribution in [0.4, 0.5) is 0 Å². The van der Waals surface area contributed by atoms with Crippen LogP contribution < -0.4 is 5.73 Å². The van der Waals surface area contributed by atoms with E-state index in [4.69, 9.17) is 5.73 Å². The minimum absolute atomic E-state index is 0.322. The summed E-state index contributed by atoms with van der Waals surface area (Å²) in [5.74, 6) is 0. The van der Waals surface area contributed by atoms with Gasteiger partial charge in [0, 0.05) is 18.6 Å². The van der Waals surface area contributed by atoms with Crippen molar-refractivity contribution in [3.8, 4) is 0 Å². The molecule has 0 fully saturated rings. The van der Waals surface area contributed by atoms with Crippen LogP contribution in [0.2, 0.25) is 0 Å². The van der Waals surface area contributed by atoms with Crippen LogP contribution in [0, 0.1) is 5.41 Å². The summed E-state index contributed by atoms with van der Waals surface area (Å²) in [6, 6.07) is 1.11. The van der Waals surface area contributed by atoms with Gasteiger partial charge in [0.2, 0.25) is 0 Å². The van der Waals surface area contributed by atoms with Crippen molar-refractivity contribution < 1.29 is 0 Å². The van der Waals surface area contributed by atoms with Crippen molar-refractivity contribution in [1.29, 1.82) is 0 Å². The van der Waals surface area contributed by atoms with E-state index < -0.39 is 0 Å². The zero-order valence-electron chi connectivity index (χ0n) is 15.0. The standard InChI is InChI=1S/C18H40N2/c1-7-8-9-10-11-12-13-14-17(15-19)20(6)16(2)18(3,4)5/h16-17H,7-15,19H2,1-6H3. The smallest absolute Gasteiger partial charge is 0.0218 e. The Labute approximate surface area is 128 Å². The first-order valence-electron chi connectivity index (χ1n) is 8.76. The first-order chi connectivity index (χ1) is 9.34. The molecule has 0 spiro atoms. The van der Waals surface area contributed by atoms with Crippen molar-refractivity contribution in [2.75, 3.05) is 13.6 Å². The first kappa shape index (κ1) is 19.9. The van der Waals surface area contributed by atoms with E-state index in [2.05, 4.69) is 46.6 Å². The van der Waals surface area contributed by atoms with Crippen molar-refractivity contribution in [3.63, 3.8) is 0 Å². The number of nitrogens with two attached hydrogens (primary N) is 1. The van der Waals surface area contributed by atoms with E-state index in [0.29, 0.717) is 17.5 Å². The highest BCUT2D eigenvalue weighted by Crippen LogP contribution is 2.25. The van der Waals surface area contributed by atoms with Gasteiger partial charge in [-0.3, -0.25) is 4.90 Å². The molecule has 0 aromatic heterocycles. The van der Waals surface area contributed by atoms with Crippen LogP contribution in [0.5, 0.6) is 0 Å². The number of rotatable bonds is 11. The summed E-state index contributed by atoms with van der Waals surface area (Å²) >= 11 is 0. The highest BCUT2D eigenvalue weighted by molar-refractivity contribution is 4.82. The summed E-state index contributed by atoms with van der Waals surface area (Å²) < 4.78 is 0. The van der Waals surface area contributed by atoms with Crippen molar-refractivity contribution in [1.82, 2.24) is 4.90 Å². The number of hydrogen-bond donors (Lipinski definition) is 1. The highest BCUT2D eigenvalue weighted by atomic mass is 15.2. The number of hydrogen-bond acceptors (Lipinski definition) is 2. The molecule has 0 aromatic carbocycles. The van der Waals surface area contributed by atoms with Crippen LogP contribution in [0.3, 0.4) is 0 Å². The van der Waals surface area contributed by atoms with Crippen LogP contribution in [-0.2, 0) is 0 Å². The van der Waals surface area contributed by atoms with Gasteiger partial charge in [0.25, 0.3) is 0 Å². The Kier molecular flexibility index (Phi) is 10.6. The lowest BCUT2D eigenvalue weighted by molar-refractivity contribution is 0.0946. The second-order valence-corrected chi connectivity index (χ2v) is 7.51. The summed E-state index contributed by atoms with van der Waals surface area (Å²) in [6.07, 6.45) is 10.9. The third-order valence-corrected chi connectivity index (χ3v) is 4.85. The van der Waals surface area contributed by atoms with Gasteiger partial charge in [-0.2, -0.15) is 0 Å². The predicted molar refractivity (Wildman–Crippen MR) is 92.1 cm³/mol. The Hall–Kier alpha value is -0.0800. The van der Waals surface area contributed by atoms with Gasteiger partial charge in [-0.05, 0) is 25.8 Å². The molecule has 0 amide bonds. The minimum Gasteiger partial charge on any atom is -0.329 e. The molecule has 0 aliphatic rings. The molecule has 2 heteroatoms. The summed E-state index contributed by atoms with van der Waals surface area (Å²) in [4.78, 5) is 2.50. The molecule has 0 aliphatic carbocycles. The van der Waals surface area contributed by atoms with E-state index in [1.54, 1.807) is 0 Å². The van der Waals surface area contributed by atoms with E-state index >= 15 is 0 Å². The number of nitrogens with zero attached hydrogens (tertiary/aromatic N) is 1. The lowest BCUT2D eigenvalue weighted by atomic mass is 9.86. The third kappa shape index (κ3) is 8.26. The average Bonchev–Trinajstić information content (AvgIpc) is 2.39. The SMILES string of the molecule is CCCCCCCCCC(CN)N(C)C(C)C(C)(C)C. The van der Waals surface area contributed by atoms with E-state index in [1.807, 2.05) is 0 Å². The largest absolute Gasteiger partial charge is 0.329 e. The normalized spacial score (nSPS) is 15.6. The molecule has 0 aliphatic heterocycles. The maximum absolute atomic E-state index is 5.99. The lowest BCUT2D eigenvalue weighted by Crippen LogP contribution is -2.48. The Bertz CT molecular complexity index is 220. The monoisotopic (exact) mass is 284 g/mol. The summed E-state index contributed by atoms with van der Waals surface area (Å²) in [6.45, 7) is 12.3. The molecule has 0 radical (unpaired) electrons. The first-order valence-corrected chi connectivity index (χ1v) is 8.76. The van der Waals surface area contributed by atoms with Gasteiger partial charge in [-0.1, -0.05) is 72.6 Å². The van der Waals surface area contributed by atoms with Gasteiger partial charge in [0.1, 0.15) is 0 Å². The molecule has 2 atom stereocenters. The summed E-state index contributed by atoms with van der Waals surface area (Å²) in [5.41, 5.74) is 6.32. The van der Waals surface area contributed by atoms with E-state index in [9.17, 15) is 0 Å². The van der Waals surface area contributed by atoms with Crippen LogP contribution in [0.25, 0.3) is 0 Å². The molecule has 0 aromatic rings. The third-order valence-electron chi connectivity index (χ3n) is 4.85. The van der Waals surface area contributed by atoms with Crippen LogP contribution in [-0.4, -0.2) is 30.6 Å². The Morgan fingerprint density at radius 1 is 0.950 bits per heavy atom. The van der Waals surface area contributed by atoms with Gasteiger partial charge in [-0.15, -0.1) is 0 Å². The fourth-order valence-corrected chi connectivity index (χ4v) is 2.75. The molecule has 0 rings (SSSR count). The molecular formula is C18H40N2. The molecule has 0 bridgehead atoms. The van der Waals surface area contributed by atoms with E-state index in [0.717, 1.165) is 6.54 Å². The van der Waals surface area contributed by atoms with Crippen LogP contribution >= 0.6 is 0 Å². The molecule has 2 N–H and O–H groups in total. The van der Waals surface area contributed by atoms with Crippen LogP contribution in [0.15, 0.2) is 0 Å². The summed E-state index contributed by atoms with van der Waals surface area (Å²) in [5, 5.41) is 0. The maximum atomic E-state index is 5.99. The molecule has 122 valence electrons. The zero-order chi connectivity index (χ0) is 15.6. The second kappa shape index (κ2) is 10.6. The second-order valence-electron chi connectivity index (χ2n) is 7.51. The Morgan fingerprint density at radius 3 is 1.90 bits per heavy atom. The molecule has 0 saturated heterocycles. The van der Waals surface area contributed by atoms with Crippen molar-refractivity contribution in [3.05, 3.63) is 0 Å². The highest BCUT2D eigenvalue weighted by Gasteiger charge is 2.27. The molecular weight excluding hydrogens is 244 g/mol. The molecule has 20 heavy (non-hydrogen) atoms. The molecule has 0 heterocycles. The molecule has 2 unspecified atom stereocenters. The maximum Gasteiger partial charge on any atom is 0.0218 e. The predicted octanol–water partition coefficient (Wildman–Crippen LogP) is 4.82. The van der Waals surface area contributed by atoms with Crippen molar-refractivity contribution in [2.45, 2.75) is 98.1 Å². The molecule has 0 saturated carbocycles. The van der Waals surface area contributed by atoms with Gasteiger partial charge >= 0.3 is 0 Å².